The molecule has 1 saturated carbocycles. The van der Waals surface area contributed by atoms with E-state index < -0.39 is 16.6 Å². The lowest BCUT2D eigenvalue weighted by Gasteiger charge is -2.29. The van der Waals surface area contributed by atoms with Crippen LogP contribution in [0.25, 0.3) is 10.4 Å². The molecule has 0 aliphatic heterocycles. The van der Waals surface area contributed by atoms with Gasteiger partial charge in [-0.3, -0.25) is 14.9 Å². The van der Waals surface area contributed by atoms with Crippen LogP contribution < -0.4 is 10.6 Å². The van der Waals surface area contributed by atoms with Crippen molar-refractivity contribution in [1.82, 2.24) is 5.32 Å². The highest BCUT2D eigenvalue weighted by Gasteiger charge is 2.30. The van der Waals surface area contributed by atoms with Gasteiger partial charge in [0.25, 0.3) is 5.69 Å². The van der Waals surface area contributed by atoms with Crippen LogP contribution in [0, 0.1) is 22.0 Å². The molecule has 0 spiro atoms. The van der Waals surface area contributed by atoms with E-state index in [9.17, 15) is 19.7 Å². The van der Waals surface area contributed by atoms with Crippen molar-refractivity contribution in [3.8, 4) is 10.4 Å². The molecule has 1 aromatic heterocycles. The first kappa shape index (κ1) is 23.7. The van der Waals surface area contributed by atoms with Crippen LogP contribution in [0.5, 0.6) is 0 Å². The summed E-state index contributed by atoms with van der Waals surface area (Å²) in [6, 6.07) is 8.04. The highest BCUT2D eigenvalue weighted by atomic mass is 32.1. The van der Waals surface area contributed by atoms with Gasteiger partial charge in [0.05, 0.1) is 10.8 Å². The maximum absolute atomic E-state index is 12.4. The van der Waals surface area contributed by atoms with E-state index in [1.807, 2.05) is 38.3 Å². The number of anilines is 1. The molecule has 3 rings (SSSR count). The van der Waals surface area contributed by atoms with Gasteiger partial charge in [-0.05, 0) is 81.5 Å². The van der Waals surface area contributed by atoms with Crippen LogP contribution in [0.3, 0.4) is 0 Å². The Morgan fingerprint density at radius 3 is 2.50 bits per heavy atom. The van der Waals surface area contributed by atoms with Gasteiger partial charge in [-0.1, -0.05) is 6.07 Å². The Bertz CT molecular complexity index is 961. The highest BCUT2D eigenvalue weighted by molar-refractivity contribution is 7.13. The molecule has 2 amide bonds. The number of benzene rings is 1. The molecular weight excluding hydrogens is 430 g/mol. The molecule has 1 fully saturated rings. The summed E-state index contributed by atoms with van der Waals surface area (Å²) in [5.41, 5.74) is 0.323. The summed E-state index contributed by atoms with van der Waals surface area (Å²) in [6.07, 6.45) is 3.10. The van der Waals surface area contributed by atoms with E-state index in [0.29, 0.717) is 6.54 Å². The molecule has 0 unspecified atom stereocenters. The van der Waals surface area contributed by atoms with Crippen LogP contribution >= 0.6 is 11.3 Å². The first-order valence-electron chi connectivity index (χ1n) is 10.7. The number of nitrogens with one attached hydrogen (secondary N) is 2. The summed E-state index contributed by atoms with van der Waals surface area (Å²) in [7, 11) is 0. The number of carbonyl (C=O) groups excluding carboxylic acids is 2. The van der Waals surface area contributed by atoms with Crippen LogP contribution in [0.2, 0.25) is 0 Å². The standard InChI is InChI=1S/C23H29N3O5S/c1-23(2,3)31-21(27)16-8-6-15(7-9-16)14-24-22(28)25-18-13-17(20-5-4-12-32-20)10-11-19(18)26(29)30/h4-5,10-13,15-16H,6-9,14H2,1-3H3,(H2,24,25,28). The van der Waals surface area contributed by atoms with Crippen LogP contribution in [0.15, 0.2) is 35.7 Å². The fourth-order valence-electron chi connectivity index (χ4n) is 3.78. The third kappa shape index (κ3) is 6.53. The monoisotopic (exact) mass is 459 g/mol. The molecule has 1 aliphatic rings. The number of thiophene rings is 1. The average molecular weight is 460 g/mol. The predicted molar refractivity (Wildman–Crippen MR) is 125 cm³/mol. The van der Waals surface area contributed by atoms with E-state index in [-0.39, 0.29) is 29.2 Å². The smallest absolute Gasteiger partial charge is 0.319 e. The van der Waals surface area contributed by atoms with Crippen molar-refractivity contribution in [2.24, 2.45) is 11.8 Å². The molecule has 0 saturated heterocycles. The molecule has 0 bridgehead atoms. The van der Waals surface area contributed by atoms with Gasteiger partial charge in [0.15, 0.2) is 0 Å². The number of ether oxygens (including phenoxy) is 1. The first-order chi connectivity index (χ1) is 15.1. The van der Waals surface area contributed by atoms with Crippen LogP contribution in [-0.2, 0) is 9.53 Å². The largest absolute Gasteiger partial charge is 0.460 e. The number of hydrogen-bond donors (Lipinski definition) is 2. The van der Waals surface area contributed by atoms with E-state index in [1.165, 1.54) is 17.4 Å². The summed E-state index contributed by atoms with van der Waals surface area (Å²) in [6.45, 7) is 6.03. The number of esters is 1. The lowest BCUT2D eigenvalue weighted by Crippen LogP contribution is -2.36. The lowest BCUT2D eigenvalue weighted by molar-refractivity contribution is -0.383. The Labute approximate surface area is 191 Å². The van der Waals surface area contributed by atoms with Gasteiger partial charge in [-0.25, -0.2) is 4.79 Å². The zero-order chi connectivity index (χ0) is 23.3. The molecule has 1 aliphatic carbocycles. The van der Waals surface area contributed by atoms with Crippen molar-refractivity contribution in [2.45, 2.75) is 52.1 Å². The van der Waals surface area contributed by atoms with Crippen molar-refractivity contribution in [1.29, 1.82) is 0 Å². The summed E-state index contributed by atoms with van der Waals surface area (Å²) in [4.78, 5) is 36.5. The van der Waals surface area contributed by atoms with Crippen molar-refractivity contribution in [3.05, 3.63) is 45.8 Å². The topological polar surface area (TPSA) is 111 Å². The minimum absolute atomic E-state index is 0.0954. The van der Waals surface area contributed by atoms with Gasteiger partial charge in [-0.15, -0.1) is 11.3 Å². The quantitative estimate of drug-likeness (QED) is 0.332. The maximum Gasteiger partial charge on any atom is 0.319 e. The molecule has 8 nitrogen and oxygen atoms in total. The summed E-state index contributed by atoms with van der Waals surface area (Å²) in [5.74, 6) is 0.00778. The summed E-state index contributed by atoms with van der Waals surface area (Å²) >= 11 is 1.52. The van der Waals surface area contributed by atoms with Crippen LogP contribution in [0.4, 0.5) is 16.2 Å². The molecule has 9 heteroatoms. The zero-order valence-electron chi connectivity index (χ0n) is 18.6. The fraction of sp³-hybridized carbons (Fsp3) is 0.478. The normalized spacial score (nSPS) is 18.6. The van der Waals surface area contributed by atoms with E-state index in [4.69, 9.17) is 4.74 Å². The highest BCUT2D eigenvalue weighted by Crippen LogP contribution is 2.33. The Kier molecular flexibility index (Phi) is 7.50. The number of carbonyl (C=O) groups is 2. The molecule has 172 valence electrons. The van der Waals surface area contributed by atoms with Gasteiger partial charge >= 0.3 is 12.0 Å². The maximum atomic E-state index is 12.4. The predicted octanol–water partition coefficient (Wildman–Crippen LogP) is 5.59. The third-order valence-corrected chi connectivity index (χ3v) is 6.30. The van der Waals surface area contributed by atoms with Gasteiger partial charge < -0.3 is 15.4 Å². The molecule has 2 N–H and O–H groups in total. The molecular formula is C23H29N3O5S. The Morgan fingerprint density at radius 1 is 1.19 bits per heavy atom. The summed E-state index contributed by atoms with van der Waals surface area (Å²) < 4.78 is 5.47. The average Bonchev–Trinajstić information content (AvgIpc) is 3.26. The number of hydrogen-bond acceptors (Lipinski definition) is 6. The minimum atomic E-state index is -0.508. The second-order valence-corrected chi connectivity index (χ2v) is 10.0. The molecule has 0 atom stereocenters. The number of amides is 2. The second kappa shape index (κ2) is 10.1. The third-order valence-electron chi connectivity index (χ3n) is 5.39. The van der Waals surface area contributed by atoms with Gasteiger partial charge in [0.2, 0.25) is 0 Å². The Balaban J connectivity index is 1.53. The molecule has 1 aromatic carbocycles. The molecule has 32 heavy (non-hydrogen) atoms. The number of nitro benzene ring substituents is 1. The van der Waals surface area contributed by atoms with E-state index in [2.05, 4.69) is 10.6 Å². The number of rotatable bonds is 6. The van der Waals surface area contributed by atoms with Crippen molar-refractivity contribution >= 4 is 34.7 Å². The molecule has 1 heterocycles. The second-order valence-electron chi connectivity index (χ2n) is 9.05. The van der Waals surface area contributed by atoms with E-state index in [0.717, 1.165) is 36.1 Å². The van der Waals surface area contributed by atoms with Crippen molar-refractivity contribution in [2.75, 3.05) is 11.9 Å². The molecule has 2 aromatic rings. The van der Waals surface area contributed by atoms with Gasteiger partial charge in [-0.2, -0.15) is 0 Å². The number of nitro groups is 1. The van der Waals surface area contributed by atoms with Gasteiger partial charge in [0.1, 0.15) is 11.3 Å². The van der Waals surface area contributed by atoms with E-state index >= 15 is 0 Å². The van der Waals surface area contributed by atoms with E-state index in [1.54, 1.807) is 12.1 Å². The van der Waals surface area contributed by atoms with Crippen molar-refractivity contribution < 1.29 is 19.2 Å². The fourth-order valence-corrected chi connectivity index (χ4v) is 4.51. The molecule has 0 radical (unpaired) electrons. The number of urea groups is 1. The van der Waals surface area contributed by atoms with Crippen molar-refractivity contribution in [3.63, 3.8) is 0 Å². The zero-order valence-corrected chi connectivity index (χ0v) is 19.4. The van der Waals surface area contributed by atoms with Crippen LogP contribution in [0.1, 0.15) is 46.5 Å². The first-order valence-corrected chi connectivity index (χ1v) is 11.6. The van der Waals surface area contributed by atoms with Crippen LogP contribution in [-0.4, -0.2) is 29.1 Å². The number of nitrogens with zero attached hydrogens (tertiary/aromatic N) is 1. The SMILES string of the molecule is CC(C)(C)OC(=O)C1CCC(CNC(=O)Nc2cc(-c3cccs3)ccc2[N+](=O)[O-])CC1. The minimum Gasteiger partial charge on any atom is -0.460 e. The lowest BCUT2D eigenvalue weighted by atomic mass is 9.82. The Hall–Kier alpha value is -2.94. The Morgan fingerprint density at radius 2 is 1.91 bits per heavy atom. The summed E-state index contributed by atoms with van der Waals surface area (Å²) in [5, 5.41) is 18.7. The van der Waals surface area contributed by atoms with Gasteiger partial charge in [0, 0.05) is 17.5 Å².